The second kappa shape index (κ2) is 4.25. The van der Waals surface area contributed by atoms with E-state index in [-0.39, 0.29) is 22.3 Å². The largest absolute Gasteiger partial charge is 0.478 e. The number of hydrogen-bond donors (Lipinski definition) is 3. The molecule has 0 unspecified atom stereocenters. The zero-order valence-electron chi connectivity index (χ0n) is 9.14. The van der Waals surface area contributed by atoms with Crippen LogP contribution in [0.5, 0.6) is 0 Å². The van der Waals surface area contributed by atoms with Crippen molar-refractivity contribution >= 4 is 17.9 Å². The Hall–Kier alpha value is -2.37. The molecule has 1 aromatic rings. The molecule has 0 aliphatic heterocycles. The number of carboxylic acid groups (broad SMARTS) is 3. The van der Waals surface area contributed by atoms with Gasteiger partial charge in [0.05, 0.1) is 16.7 Å². The molecule has 0 aromatic heterocycles. The van der Waals surface area contributed by atoms with E-state index in [2.05, 4.69) is 0 Å². The molecular weight excluding hydrogens is 228 g/mol. The number of carbonyl (C=O) groups is 3. The van der Waals surface area contributed by atoms with Crippen molar-refractivity contribution in [2.24, 2.45) is 0 Å². The van der Waals surface area contributed by atoms with Gasteiger partial charge in [-0.25, -0.2) is 14.4 Å². The quantitative estimate of drug-likeness (QED) is 0.733. The van der Waals surface area contributed by atoms with Gasteiger partial charge in [0.2, 0.25) is 0 Å². The van der Waals surface area contributed by atoms with Gasteiger partial charge in [0.15, 0.2) is 0 Å². The van der Waals surface area contributed by atoms with Crippen LogP contribution in [0.1, 0.15) is 42.2 Å². The average Bonchev–Trinajstić information content (AvgIpc) is 2.19. The molecule has 17 heavy (non-hydrogen) atoms. The second-order valence-electron chi connectivity index (χ2n) is 3.51. The van der Waals surface area contributed by atoms with Gasteiger partial charge in [-0.3, -0.25) is 0 Å². The third-order valence-electron chi connectivity index (χ3n) is 2.57. The van der Waals surface area contributed by atoms with Crippen molar-refractivity contribution in [3.63, 3.8) is 0 Å². The summed E-state index contributed by atoms with van der Waals surface area (Å²) < 4.78 is 0. The van der Waals surface area contributed by atoms with Crippen molar-refractivity contribution in [1.29, 1.82) is 0 Å². The van der Waals surface area contributed by atoms with E-state index in [4.69, 9.17) is 15.3 Å². The Morgan fingerprint density at radius 3 is 1.65 bits per heavy atom. The van der Waals surface area contributed by atoms with Gasteiger partial charge in [0.1, 0.15) is 0 Å². The van der Waals surface area contributed by atoms with Crippen LogP contribution in [-0.2, 0) is 0 Å². The Kier molecular flexibility index (Phi) is 3.17. The van der Waals surface area contributed by atoms with Crippen molar-refractivity contribution < 1.29 is 29.7 Å². The molecule has 0 aliphatic rings. The average molecular weight is 238 g/mol. The monoisotopic (exact) mass is 238 g/mol. The number of carboxylic acids is 3. The Labute approximate surface area is 96.1 Å². The van der Waals surface area contributed by atoms with Crippen LogP contribution < -0.4 is 0 Å². The van der Waals surface area contributed by atoms with Crippen LogP contribution in [-0.4, -0.2) is 33.2 Å². The number of rotatable bonds is 3. The van der Waals surface area contributed by atoms with Crippen LogP contribution in [0, 0.1) is 13.8 Å². The number of hydrogen-bond acceptors (Lipinski definition) is 3. The van der Waals surface area contributed by atoms with Gasteiger partial charge < -0.3 is 15.3 Å². The summed E-state index contributed by atoms with van der Waals surface area (Å²) in [5, 5.41) is 26.7. The molecule has 0 heterocycles. The molecule has 0 amide bonds. The molecule has 6 nitrogen and oxygen atoms in total. The highest BCUT2D eigenvalue weighted by atomic mass is 16.4. The first-order valence-corrected chi connectivity index (χ1v) is 4.61. The van der Waals surface area contributed by atoms with Gasteiger partial charge >= 0.3 is 17.9 Å². The van der Waals surface area contributed by atoms with E-state index < -0.39 is 23.5 Å². The Balaban J connectivity index is 3.75. The van der Waals surface area contributed by atoms with E-state index in [1.807, 2.05) is 0 Å². The van der Waals surface area contributed by atoms with Gasteiger partial charge in [-0.05, 0) is 31.0 Å². The van der Waals surface area contributed by atoms with Crippen LogP contribution in [0.2, 0.25) is 0 Å². The maximum absolute atomic E-state index is 11.0. The summed E-state index contributed by atoms with van der Waals surface area (Å²) >= 11 is 0. The smallest absolute Gasteiger partial charge is 0.336 e. The van der Waals surface area contributed by atoms with Gasteiger partial charge in [-0.2, -0.15) is 0 Å². The number of benzene rings is 1. The summed E-state index contributed by atoms with van der Waals surface area (Å²) in [6, 6.07) is 0.871. The van der Waals surface area contributed by atoms with Crippen LogP contribution in [0.25, 0.3) is 0 Å². The van der Waals surface area contributed by atoms with E-state index in [1.165, 1.54) is 13.8 Å². The molecule has 0 radical (unpaired) electrons. The molecule has 3 N–H and O–H groups in total. The third kappa shape index (κ3) is 2.10. The fourth-order valence-electron chi connectivity index (χ4n) is 1.58. The van der Waals surface area contributed by atoms with E-state index in [9.17, 15) is 14.4 Å². The Morgan fingerprint density at radius 2 is 1.29 bits per heavy atom. The molecule has 0 fully saturated rings. The van der Waals surface area contributed by atoms with Crippen LogP contribution >= 0.6 is 0 Å². The minimum atomic E-state index is -1.46. The summed E-state index contributed by atoms with van der Waals surface area (Å²) in [4.78, 5) is 32.8. The number of aromatic carboxylic acids is 3. The molecule has 1 aromatic carbocycles. The summed E-state index contributed by atoms with van der Waals surface area (Å²) in [6.07, 6.45) is 0. The summed E-state index contributed by atoms with van der Waals surface area (Å²) in [6.45, 7) is 2.83. The van der Waals surface area contributed by atoms with Crippen molar-refractivity contribution in [2.75, 3.05) is 0 Å². The highest BCUT2D eigenvalue weighted by Crippen LogP contribution is 2.22. The second-order valence-corrected chi connectivity index (χ2v) is 3.51. The standard InChI is InChI=1S/C11H10O6/c1-4-5(2)8(11(16)17)7(10(14)15)3-6(4)9(12)13/h3H,1-2H3,(H,12,13)(H,14,15)(H,16,17). The first-order chi connectivity index (χ1) is 7.77. The lowest BCUT2D eigenvalue weighted by atomic mass is 9.93. The highest BCUT2D eigenvalue weighted by Gasteiger charge is 2.24. The van der Waals surface area contributed by atoms with Crippen LogP contribution in [0.4, 0.5) is 0 Å². The van der Waals surface area contributed by atoms with E-state index >= 15 is 0 Å². The van der Waals surface area contributed by atoms with Gasteiger partial charge in [-0.1, -0.05) is 0 Å². The van der Waals surface area contributed by atoms with Crippen molar-refractivity contribution in [3.05, 3.63) is 33.9 Å². The SMILES string of the molecule is Cc1c(C(=O)O)cc(C(=O)O)c(C(=O)O)c1C. The summed E-state index contributed by atoms with van der Waals surface area (Å²) in [5.74, 6) is -4.14. The summed E-state index contributed by atoms with van der Waals surface area (Å²) in [5.41, 5.74) is -0.697. The molecule has 0 aliphatic carbocycles. The predicted octanol–water partition coefficient (Wildman–Crippen LogP) is 1.40. The van der Waals surface area contributed by atoms with E-state index in [0.29, 0.717) is 0 Å². The maximum atomic E-state index is 11.0. The topological polar surface area (TPSA) is 112 Å². The molecule has 1 rings (SSSR count). The van der Waals surface area contributed by atoms with Crippen molar-refractivity contribution in [1.82, 2.24) is 0 Å². The van der Waals surface area contributed by atoms with E-state index in [0.717, 1.165) is 6.07 Å². The molecule has 0 saturated carbocycles. The Bertz CT molecular complexity index is 529. The first kappa shape index (κ1) is 12.7. The molecular formula is C11H10O6. The zero-order valence-corrected chi connectivity index (χ0v) is 9.14. The Morgan fingerprint density at radius 1 is 0.824 bits per heavy atom. The van der Waals surface area contributed by atoms with Gasteiger partial charge in [0.25, 0.3) is 0 Å². The van der Waals surface area contributed by atoms with Gasteiger partial charge in [0, 0.05) is 0 Å². The van der Waals surface area contributed by atoms with E-state index in [1.54, 1.807) is 0 Å². The normalized spacial score (nSPS) is 10.0. The fourth-order valence-corrected chi connectivity index (χ4v) is 1.58. The maximum Gasteiger partial charge on any atom is 0.336 e. The van der Waals surface area contributed by atoms with Crippen LogP contribution in [0.15, 0.2) is 6.07 Å². The molecule has 90 valence electrons. The van der Waals surface area contributed by atoms with Gasteiger partial charge in [-0.15, -0.1) is 0 Å². The van der Waals surface area contributed by atoms with Crippen molar-refractivity contribution in [3.8, 4) is 0 Å². The molecule has 0 spiro atoms. The zero-order chi connectivity index (χ0) is 13.3. The lowest BCUT2D eigenvalue weighted by Crippen LogP contribution is -2.14. The first-order valence-electron chi connectivity index (χ1n) is 4.61. The fraction of sp³-hybridized carbons (Fsp3) is 0.182. The lowest BCUT2D eigenvalue weighted by Gasteiger charge is -2.11. The molecule has 0 bridgehead atoms. The van der Waals surface area contributed by atoms with Crippen molar-refractivity contribution in [2.45, 2.75) is 13.8 Å². The lowest BCUT2D eigenvalue weighted by molar-refractivity contribution is 0.0648. The highest BCUT2D eigenvalue weighted by molar-refractivity contribution is 6.05. The minimum absolute atomic E-state index is 0.148. The molecule has 6 heteroatoms. The predicted molar refractivity (Wildman–Crippen MR) is 56.8 cm³/mol. The molecule has 0 atom stereocenters. The van der Waals surface area contributed by atoms with Crippen LogP contribution in [0.3, 0.4) is 0 Å². The minimum Gasteiger partial charge on any atom is -0.478 e. The third-order valence-corrected chi connectivity index (χ3v) is 2.57. The summed E-state index contributed by atoms with van der Waals surface area (Å²) in [7, 11) is 0. The molecule has 0 saturated heterocycles.